The molecule has 4 heteroatoms. The van der Waals surface area contributed by atoms with E-state index in [2.05, 4.69) is 55.9 Å². The van der Waals surface area contributed by atoms with Crippen molar-refractivity contribution in [2.45, 2.75) is 64.3 Å². The largest absolute Gasteiger partial charge is 0.367 e. The maximum atomic E-state index is 6.12. The molecular weight excluding hydrogens is 226 g/mol. The van der Waals surface area contributed by atoms with Crippen molar-refractivity contribution >= 4 is 0 Å². The Morgan fingerprint density at radius 1 is 1.44 bits per heavy atom. The van der Waals surface area contributed by atoms with Crippen LogP contribution in [0, 0.1) is 0 Å². The highest BCUT2D eigenvalue weighted by molar-refractivity contribution is 5.11. The molecule has 2 rings (SSSR count). The first-order valence-corrected chi connectivity index (χ1v) is 6.67. The van der Waals surface area contributed by atoms with Crippen molar-refractivity contribution in [1.82, 2.24) is 15.1 Å². The normalized spacial score (nSPS) is 27.3. The molecule has 18 heavy (non-hydrogen) atoms. The molecule has 0 bridgehead atoms. The molecule has 1 aromatic heterocycles. The van der Waals surface area contributed by atoms with Crippen molar-refractivity contribution in [1.29, 1.82) is 0 Å². The first-order chi connectivity index (χ1) is 8.25. The monoisotopic (exact) mass is 251 g/mol. The molecule has 2 atom stereocenters. The third-order valence-electron chi connectivity index (χ3n) is 3.90. The smallest absolute Gasteiger partial charge is 0.0857 e. The molecule has 0 spiro atoms. The fraction of sp³-hybridized carbons (Fsp3) is 0.786. The van der Waals surface area contributed by atoms with E-state index in [9.17, 15) is 0 Å². The molecule has 0 saturated carbocycles. The summed E-state index contributed by atoms with van der Waals surface area (Å²) in [6.45, 7) is 10.7. The van der Waals surface area contributed by atoms with Crippen LogP contribution in [0.3, 0.4) is 0 Å². The third-order valence-corrected chi connectivity index (χ3v) is 3.90. The van der Waals surface area contributed by atoms with Gasteiger partial charge in [0.05, 0.1) is 23.4 Å². The van der Waals surface area contributed by atoms with Crippen molar-refractivity contribution in [3.8, 4) is 0 Å². The van der Waals surface area contributed by atoms with Crippen LogP contribution in [0.5, 0.6) is 0 Å². The molecule has 0 aromatic carbocycles. The zero-order valence-corrected chi connectivity index (χ0v) is 12.3. The Balaban J connectivity index is 2.24. The van der Waals surface area contributed by atoms with Crippen LogP contribution in [0.15, 0.2) is 12.4 Å². The first kappa shape index (κ1) is 13.6. The van der Waals surface area contributed by atoms with E-state index in [-0.39, 0.29) is 11.2 Å². The van der Waals surface area contributed by atoms with E-state index in [0.717, 1.165) is 6.42 Å². The van der Waals surface area contributed by atoms with Crippen molar-refractivity contribution in [2.24, 2.45) is 0 Å². The maximum Gasteiger partial charge on any atom is 0.0857 e. The summed E-state index contributed by atoms with van der Waals surface area (Å²) in [6.07, 6.45) is 5.08. The molecule has 2 unspecified atom stereocenters. The van der Waals surface area contributed by atoms with Crippen LogP contribution in [0.4, 0.5) is 0 Å². The number of aromatic nitrogens is 2. The van der Waals surface area contributed by atoms with Gasteiger partial charge >= 0.3 is 0 Å². The summed E-state index contributed by atoms with van der Waals surface area (Å²) >= 11 is 0. The average Bonchev–Trinajstić information content (AvgIpc) is 2.79. The summed E-state index contributed by atoms with van der Waals surface area (Å²) in [7, 11) is 1.97. The second-order valence-electron chi connectivity index (χ2n) is 6.45. The summed E-state index contributed by atoms with van der Waals surface area (Å²) < 4.78 is 8.19. The molecule has 1 fully saturated rings. The Bertz CT molecular complexity index is 422. The van der Waals surface area contributed by atoms with Crippen LogP contribution >= 0.6 is 0 Å². The van der Waals surface area contributed by atoms with Gasteiger partial charge in [0, 0.05) is 24.2 Å². The minimum Gasteiger partial charge on any atom is -0.367 e. The molecule has 1 N–H and O–H groups in total. The molecular formula is C14H25N3O. The number of rotatable bonds is 3. The van der Waals surface area contributed by atoms with Gasteiger partial charge in [0.1, 0.15) is 0 Å². The number of nitrogens with zero attached hydrogens (tertiary/aromatic N) is 2. The van der Waals surface area contributed by atoms with Gasteiger partial charge in [-0.2, -0.15) is 5.10 Å². The highest BCUT2D eigenvalue weighted by Gasteiger charge is 2.47. The molecule has 0 radical (unpaired) electrons. The molecule has 1 aliphatic rings. The first-order valence-electron chi connectivity index (χ1n) is 6.67. The Hall–Kier alpha value is -0.870. The Morgan fingerprint density at radius 3 is 2.61 bits per heavy atom. The van der Waals surface area contributed by atoms with Crippen molar-refractivity contribution < 1.29 is 4.74 Å². The van der Waals surface area contributed by atoms with Crippen molar-refractivity contribution in [2.75, 3.05) is 7.05 Å². The maximum absolute atomic E-state index is 6.12. The minimum absolute atomic E-state index is 0.0745. The van der Waals surface area contributed by atoms with E-state index in [0.29, 0.717) is 12.1 Å². The standard InChI is InChI=1S/C14H25N3O/c1-10(15-6)11-8-16-17(9-11)12-7-13(2,3)18-14(12,4)5/h8-10,12,15H,7H2,1-6H3. The minimum atomic E-state index is -0.171. The van der Waals surface area contributed by atoms with E-state index < -0.39 is 0 Å². The van der Waals surface area contributed by atoms with Crippen LogP contribution < -0.4 is 5.32 Å². The van der Waals surface area contributed by atoms with Crippen LogP contribution in [0.2, 0.25) is 0 Å². The number of nitrogens with one attached hydrogen (secondary N) is 1. The van der Waals surface area contributed by atoms with Gasteiger partial charge in [-0.15, -0.1) is 0 Å². The lowest BCUT2D eigenvalue weighted by Gasteiger charge is -2.27. The number of ether oxygens (including phenoxy) is 1. The lowest BCUT2D eigenvalue weighted by atomic mass is 9.95. The molecule has 2 heterocycles. The highest BCUT2D eigenvalue weighted by Crippen LogP contribution is 2.44. The van der Waals surface area contributed by atoms with Gasteiger partial charge in [0.2, 0.25) is 0 Å². The lowest BCUT2D eigenvalue weighted by molar-refractivity contribution is -0.0737. The van der Waals surface area contributed by atoms with Gasteiger partial charge in [0.25, 0.3) is 0 Å². The van der Waals surface area contributed by atoms with E-state index in [1.165, 1.54) is 5.56 Å². The summed E-state index contributed by atoms with van der Waals surface area (Å²) in [5.74, 6) is 0. The highest BCUT2D eigenvalue weighted by atomic mass is 16.5. The van der Waals surface area contributed by atoms with Crippen molar-refractivity contribution in [3.63, 3.8) is 0 Å². The quantitative estimate of drug-likeness (QED) is 0.897. The topological polar surface area (TPSA) is 39.1 Å². The van der Waals surface area contributed by atoms with Gasteiger partial charge in [-0.25, -0.2) is 0 Å². The average molecular weight is 251 g/mol. The van der Waals surface area contributed by atoms with Gasteiger partial charge in [-0.1, -0.05) is 0 Å². The van der Waals surface area contributed by atoms with E-state index in [4.69, 9.17) is 4.74 Å². The molecule has 1 aromatic rings. The summed E-state index contributed by atoms with van der Waals surface area (Å²) in [4.78, 5) is 0. The molecule has 0 aliphatic carbocycles. The third kappa shape index (κ3) is 2.45. The fourth-order valence-electron chi connectivity index (χ4n) is 2.86. The second kappa shape index (κ2) is 4.35. The zero-order chi connectivity index (χ0) is 13.6. The van der Waals surface area contributed by atoms with E-state index in [1.807, 2.05) is 13.2 Å². The van der Waals surface area contributed by atoms with Crippen LogP contribution in [0.25, 0.3) is 0 Å². The van der Waals surface area contributed by atoms with E-state index in [1.54, 1.807) is 0 Å². The summed E-state index contributed by atoms with van der Waals surface area (Å²) in [5.41, 5.74) is 0.975. The van der Waals surface area contributed by atoms with Gasteiger partial charge in [0.15, 0.2) is 0 Å². The number of hydrogen-bond acceptors (Lipinski definition) is 3. The fourth-order valence-corrected chi connectivity index (χ4v) is 2.86. The SMILES string of the molecule is CNC(C)c1cnn(C2CC(C)(C)OC2(C)C)c1. The molecule has 0 amide bonds. The molecule has 1 aliphatic heterocycles. The van der Waals surface area contributed by atoms with Gasteiger partial charge in [-0.05, 0) is 41.7 Å². The Morgan fingerprint density at radius 2 is 2.11 bits per heavy atom. The summed E-state index contributed by atoms with van der Waals surface area (Å²) in [6, 6.07) is 0.627. The Kier molecular flexibility index (Phi) is 3.28. The molecule has 4 nitrogen and oxygen atoms in total. The van der Waals surface area contributed by atoms with E-state index >= 15 is 0 Å². The van der Waals surface area contributed by atoms with Gasteiger partial charge < -0.3 is 10.1 Å². The lowest BCUT2D eigenvalue weighted by Crippen LogP contribution is -2.31. The van der Waals surface area contributed by atoms with Crippen molar-refractivity contribution in [3.05, 3.63) is 18.0 Å². The molecule has 102 valence electrons. The molecule has 1 saturated heterocycles. The van der Waals surface area contributed by atoms with Crippen LogP contribution in [-0.4, -0.2) is 28.0 Å². The van der Waals surface area contributed by atoms with Gasteiger partial charge in [-0.3, -0.25) is 4.68 Å². The zero-order valence-electron chi connectivity index (χ0n) is 12.3. The predicted molar refractivity (Wildman–Crippen MR) is 72.6 cm³/mol. The summed E-state index contributed by atoms with van der Waals surface area (Å²) in [5, 5.41) is 7.76. The Labute approximate surface area is 110 Å². The predicted octanol–water partition coefficient (Wildman–Crippen LogP) is 2.68. The van der Waals surface area contributed by atoms with Crippen LogP contribution in [0.1, 0.15) is 58.7 Å². The van der Waals surface area contributed by atoms with Crippen LogP contribution in [-0.2, 0) is 4.74 Å². The number of hydrogen-bond donors (Lipinski definition) is 1. The second-order valence-corrected chi connectivity index (χ2v) is 6.45.